The SMILES string of the molecule is COc1ccc(Br)cc1Nc1ccc([N+](=O)[O-])c(I)c1. The zero-order chi connectivity index (χ0) is 14.7. The Hall–Kier alpha value is -1.35. The van der Waals surface area contributed by atoms with E-state index in [4.69, 9.17) is 4.74 Å². The Kier molecular flexibility index (Phi) is 4.81. The Morgan fingerprint density at radius 1 is 1.30 bits per heavy atom. The molecule has 0 heterocycles. The zero-order valence-electron chi connectivity index (χ0n) is 10.4. The Labute approximate surface area is 137 Å². The van der Waals surface area contributed by atoms with Gasteiger partial charge >= 0.3 is 0 Å². The van der Waals surface area contributed by atoms with Crippen LogP contribution in [0.4, 0.5) is 17.1 Å². The van der Waals surface area contributed by atoms with Gasteiger partial charge in [-0.05, 0) is 52.9 Å². The van der Waals surface area contributed by atoms with E-state index in [-0.39, 0.29) is 5.69 Å². The molecule has 104 valence electrons. The lowest BCUT2D eigenvalue weighted by molar-refractivity contribution is -0.385. The van der Waals surface area contributed by atoms with Crippen LogP contribution in [-0.4, -0.2) is 12.0 Å². The molecular formula is C13H10BrIN2O3. The van der Waals surface area contributed by atoms with E-state index in [1.807, 2.05) is 40.8 Å². The monoisotopic (exact) mass is 448 g/mol. The molecule has 20 heavy (non-hydrogen) atoms. The zero-order valence-corrected chi connectivity index (χ0v) is 14.1. The number of anilines is 2. The number of nitrogens with zero attached hydrogens (tertiary/aromatic N) is 1. The first kappa shape index (κ1) is 15.0. The highest BCUT2D eigenvalue weighted by Crippen LogP contribution is 2.32. The number of nitro groups is 1. The molecule has 2 aromatic rings. The molecule has 0 bridgehead atoms. The molecule has 0 aromatic heterocycles. The van der Waals surface area contributed by atoms with Crippen molar-refractivity contribution in [2.24, 2.45) is 0 Å². The third-order valence-corrected chi connectivity index (χ3v) is 3.94. The molecule has 1 N–H and O–H groups in total. The molecular weight excluding hydrogens is 439 g/mol. The summed E-state index contributed by atoms with van der Waals surface area (Å²) in [6, 6.07) is 10.5. The summed E-state index contributed by atoms with van der Waals surface area (Å²) in [4.78, 5) is 10.4. The standard InChI is InChI=1S/C13H10BrIN2O3/c1-20-13-5-2-8(14)6-11(13)16-9-3-4-12(17(18)19)10(15)7-9/h2-7,16H,1H3. The Balaban J connectivity index is 2.33. The Bertz CT molecular complexity index is 664. The summed E-state index contributed by atoms with van der Waals surface area (Å²) in [7, 11) is 1.59. The molecule has 0 radical (unpaired) electrons. The van der Waals surface area contributed by atoms with E-state index in [0.717, 1.165) is 15.8 Å². The van der Waals surface area contributed by atoms with Crippen LogP contribution in [0.15, 0.2) is 40.9 Å². The maximum Gasteiger partial charge on any atom is 0.282 e. The van der Waals surface area contributed by atoms with E-state index in [0.29, 0.717) is 9.32 Å². The summed E-state index contributed by atoms with van der Waals surface area (Å²) in [6.45, 7) is 0. The summed E-state index contributed by atoms with van der Waals surface area (Å²) in [5.74, 6) is 0.696. The van der Waals surface area contributed by atoms with E-state index < -0.39 is 4.92 Å². The van der Waals surface area contributed by atoms with Gasteiger partial charge in [0.2, 0.25) is 0 Å². The van der Waals surface area contributed by atoms with Gasteiger partial charge in [-0.25, -0.2) is 0 Å². The number of benzene rings is 2. The Morgan fingerprint density at radius 3 is 2.65 bits per heavy atom. The molecule has 0 spiro atoms. The van der Waals surface area contributed by atoms with Gasteiger partial charge in [-0.1, -0.05) is 15.9 Å². The minimum Gasteiger partial charge on any atom is -0.495 e. The average Bonchev–Trinajstić information content (AvgIpc) is 2.38. The fourth-order valence-electron chi connectivity index (χ4n) is 1.67. The van der Waals surface area contributed by atoms with E-state index in [1.165, 1.54) is 6.07 Å². The summed E-state index contributed by atoms with van der Waals surface area (Å²) in [5, 5.41) is 14.0. The van der Waals surface area contributed by atoms with Gasteiger partial charge in [-0.3, -0.25) is 10.1 Å². The van der Waals surface area contributed by atoms with Crippen molar-refractivity contribution in [3.63, 3.8) is 0 Å². The van der Waals surface area contributed by atoms with Crippen molar-refractivity contribution in [2.75, 3.05) is 12.4 Å². The van der Waals surface area contributed by atoms with E-state index >= 15 is 0 Å². The van der Waals surface area contributed by atoms with Crippen molar-refractivity contribution in [1.29, 1.82) is 0 Å². The number of nitro benzene ring substituents is 1. The smallest absolute Gasteiger partial charge is 0.282 e. The second-order valence-electron chi connectivity index (χ2n) is 3.89. The highest BCUT2D eigenvalue weighted by molar-refractivity contribution is 14.1. The number of rotatable bonds is 4. The van der Waals surface area contributed by atoms with Crippen molar-refractivity contribution in [3.8, 4) is 5.75 Å². The number of nitrogens with one attached hydrogen (secondary N) is 1. The molecule has 2 rings (SSSR count). The highest BCUT2D eigenvalue weighted by atomic mass is 127. The lowest BCUT2D eigenvalue weighted by atomic mass is 10.2. The number of methoxy groups -OCH3 is 1. The first-order valence-corrected chi connectivity index (χ1v) is 7.43. The van der Waals surface area contributed by atoms with E-state index in [2.05, 4.69) is 21.2 Å². The van der Waals surface area contributed by atoms with Crippen molar-refractivity contribution < 1.29 is 9.66 Å². The lowest BCUT2D eigenvalue weighted by Gasteiger charge is -2.12. The molecule has 0 saturated carbocycles. The number of hydrogen-bond acceptors (Lipinski definition) is 4. The molecule has 0 atom stereocenters. The number of hydrogen-bond donors (Lipinski definition) is 1. The topological polar surface area (TPSA) is 64.4 Å². The van der Waals surface area contributed by atoms with Crippen LogP contribution >= 0.6 is 38.5 Å². The maximum absolute atomic E-state index is 10.8. The fourth-order valence-corrected chi connectivity index (χ4v) is 2.74. The third-order valence-electron chi connectivity index (χ3n) is 2.58. The van der Waals surface area contributed by atoms with Crippen LogP contribution in [0, 0.1) is 13.7 Å². The second kappa shape index (κ2) is 6.40. The van der Waals surface area contributed by atoms with Gasteiger partial charge in [-0.2, -0.15) is 0 Å². The summed E-state index contributed by atoms with van der Waals surface area (Å²) >= 11 is 5.34. The van der Waals surface area contributed by atoms with Gasteiger partial charge in [0.1, 0.15) is 5.75 Å². The average molecular weight is 449 g/mol. The van der Waals surface area contributed by atoms with Crippen LogP contribution in [-0.2, 0) is 0 Å². The van der Waals surface area contributed by atoms with Crippen LogP contribution in [0.25, 0.3) is 0 Å². The van der Waals surface area contributed by atoms with Gasteiger partial charge in [0, 0.05) is 16.2 Å². The molecule has 0 aliphatic heterocycles. The van der Waals surface area contributed by atoms with Gasteiger partial charge in [0.15, 0.2) is 0 Å². The summed E-state index contributed by atoms with van der Waals surface area (Å²) < 4.78 is 6.76. The molecule has 0 saturated heterocycles. The quantitative estimate of drug-likeness (QED) is 0.417. The van der Waals surface area contributed by atoms with Crippen molar-refractivity contribution in [1.82, 2.24) is 0 Å². The van der Waals surface area contributed by atoms with Crippen LogP contribution in [0.3, 0.4) is 0 Å². The normalized spacial score (nSPS) is 10.2. The largest absolute Gasteiger partial charge is 0.495 e. The van der Waals surface area contributed by atoms with Gasteiger partial charge in [0.25, 0.3) is 5.69 Å². The minimum absolute atomic E-state index is 0.0948. The van der Waals surface area contributed by atoms with Crippen LogP contribution in [0.5, 0.6) is 5.75 Å². The first-order valence-electron chi connectivity index (χ1n) is 5.56. The maximum atomic E-state index is 10.8. The van der Waals surface area contributed by atoms with Gasteiger partial charge in [0.05, 0.1) is 21.3 Å². The number of ether oxygens (including phenoxy) is 1. The predicted octanol–water partition coefficient (Wildman–Crippen LogP) is 4.71. The Morgan fingerprint density at radius 2 is 2.05 bits per heavy atom. The van der Waals surface area contributed by atoms with Crippen molar-refractivity contribution in [3.05, 3.63) is 54.6 Å². The van der Waals surface area contributed by atoms with Crippen LogP contribution in [0.2, 0.25) is 0 Å². The van der Waals surface area contributed by atoms with E-state index in [1.54, 1.807) is 19.2 Å². The summed E-state index contributed by atoms with van der Waals surface area (Å²) in [6.07, 6.45) is 0. The lowest BCUT2D eigenvalue weighted by Crippen LogP contribution is -1.97. The molecule has 7 heteroatoms. The fraction of sp³-hybridized carbons (Fsp3) is 0.0769. The molecule has 0 aliphatic carbocycles. The predicted molar refractivity (Wildman–Crippen MR) is 89.8 cm³/mol. The van der Waals surface area contributed by atoms with E-state index in [9.17, 15) is 10.1 Å². The molecule has 2 aromatic carbocycles. The first-order chi connectivity index (χ1) is 9.51. The second-order valence-corrected chi connectivity index (χ2v) is 5.97. The van der Waals surface area contributed by atoms with Gasteiger partial charge < -0.3 is 10.1 Å². The molecule has 5 nitrogen and oxygen atoms in total. The van der Waals surface area contributed by atoms with Crippen LogP contribution < -0.4 is 10.1 Å². The van der Waals surface area contributed by atoms with Crippen molar-refractivity contribution >= 4 is 55.6 Å². The molecule has 0 fully saturated rings. The van der Waals surface area contributed by atoms with Crippen molar-refractivity contribution in [2.45, 2.75) is 0 Å². The summed E-state index contributed by atoms with van der Waals surface area (Å²) in [5.41, 5.74) is 1.64. The van der Waals surface area contributed by atoms with Gasteiger partial charge in [-0.15, -0.1) is 0 Å². The molecule has 0 amide bonds. The number of halogens is 2. The third kappa shape index (κ3) is 3.40. The molecule has 0 unspecified atom stereocenters. The van der Waals surface area contributed by atoms with Crippen LogP contribution in [0.1, 0.15) is 0 Å². The molecule has 0 aliphatic rings. The highest BCUT2D eigenvalue weighted by Gasteiger charge is 2.12. The minimum atomic E-state index is -0.398.